The smallest absolute Gasteiger partial charge is 0.322 e. The van der Waals surface area contributed by atoms with Crippen molar-refractivity contribution in [3.05, 3.63) is 12.2 Å². The number of primary amides is 1. The topological polar surface area (TPSA) is 107 Å². The van der Waals surface area contributed by atoms with Crippen LogP contribution in [-0.4, -0.2) is 11.0 Å². The Morgan fingerprint density at radius 1 is 1.83 bits per heavy atom. The number of amides is 2. The first kappa shape index (κ1) is 8.88. The number of carbonyl (C=O) groups excluding carboxylic acids is 1. The zero-order chi connectivity index (χ0) is 8.97. The van der Waals surface area contributed by atoms with Crippen LogP contribution in [-0.2, 0) is 6.54 Å². The maximum absolute atomic E-state index is 10.3. The van der Waals surface area contributed by atoms with Gasteiger partial charge in [-0.3, -0.25) is 4.72 Å². The van der Waals surface area contributed by atoms with Crippen molar-refractivity contribution in [2.45, 2.75) is 11.6 Å². The fraction of sp³-hybridized carbons (Fsp3) is 0.200. The second-order valence-electron chi connectivity index (χ2n) is 1.85. The second-order valence-corrected chi connectivity index (χ2v) is 2.68. The SMILES string of the molecule is NCc1nc(SNC(N)=O)co1. The molecule has 2 amide bonds. The number of carbonyl (C=O) groups is 1. The molecule has 6 nitrogen and oxygen atoms in total. The molecule has 0 bridgehead atoms. The number of nitrogens with zero attached hydrogens (tertiary/aromatic N) is 1. The van der Waals surface area contributed by atoms with Gasteiger partial charge in [0.2, 0.25) is 5.89 Å². The van der Waals surface area contributed by atoms with Crippen LogP contribution < -0.4 is 16.2 Å². The van der Waals surface area contributed by atoms with Gasteiger partial charge >= 0.3 is 6.03 Å². The highest BCUT2D eigenvalue weighted by Gasteiger charge is 2.02. The Morgan fingerprint density at radius 3 is 3.08 bits per heavy atom. The average molecular weight is 188 g/mol. The summed E-state index contributed by atoms with van der Waals surface area (Å²) >= 11 is 0.980. The van der Waals surface area contributed by atoms with E-state index in [2.05, 4.69) is 9.71 Å². The first-order valence-corrected chi connectivity index (χ1v) is 3.91. The number of aromatic nitrogens is 1. The van der Waals surface area contributed by atoms with Crippen LogP contribution in [0.2, 0.25) is 0 Å². The summed E-state index contributed by atoms with van der Waals surface area (Å²) in [4.78, 5) is 14.2. The van der Waals surface area contributed by atoms with Gasteiger partial charge in [0.1, 0.15) is 6.26 Å². The molecule has 7 heteroatoms. The summed E-state index contributed by atoms with van der Waals surface area (Å²) < 4.78 is 7.19. The van der Waals surface area contributed by atoms with E-state index in [0.29, 0.717) is 10.9 Å². The zero-order valence-corrected chi connectivity index (χ0v) is 6.93. The van der Waals surface area contributed by atoms with E-state index in [1.807, 2.05) is 0 Å². The van der Waals surface area contributed by atoms with Gasteiger partial charge in [-0.15, -0.1) is 0 Å². The first-order valence-electron chi connectivity index (χ1n) is 3.09. The molecule has 5 N–H and O–H groups in total. The Hall–Kier alpha value is -1.21. The van der Waals surface area contributed by atoms with Gasteiger partial charge in [0.25, 0.3) is 0 Å². The fourth-order valence-electron chi connectivity index (χ4n) is 0.537. The standard InChI is InChI=1S/C5H8N4O2S/c6-1-3-8-4(2-11-3)12-9-5(7)10/h2H,1,6H2,(H3,7,9,10). The predicted molar refractivity (Wildman–Crippen MR) is 43.0 cm³/mol. The molecule has 0 aliphatic rings. The Bertz CT molecular complexity index is 274. The summed E-state index contributed by atoms with van der Waals surface area (Å²) in [5.74, 6) is 0.420. The molecular formula is C5H8N4O2S. The van der Waals surface area contributed by atoms with Crippen molar-refractivity contribution in [1.29, 1.82) is 0 Å². The minimum atomic E-state index is -0.628. The fourth-order valence-corrected chi connectivity index (χ4v) is 0.986. The lowest BCUT2D eigenvalue weighted by molar-refractivity contribution is 0.254. The third-order valence-corrected chi connectivity index (χ3v) is 1.66. The van der Waals surface area contributed by atoms with Crippen LogP contribution in [0, 0.1) is 0 Å². The maximum Gasteiger partial charge on any atom is 0.322 e. The molecule has 1 aromatic rings. The van der Waals surface area contributed by atoms with Crippen molar-refractivity contribution < 1.29 is 9.21 Å². The normalized spacial score (nSPS) is 9.75. The van der Waals surface area contributed by atoms with E-state index in [4.69, 9.17) is 15.9 Å². The number of nitrogens with one attached hydrogen (secondary N) is 1. The molecule has 0 atom stereocenters. The molecule has 0 aliphatic carbocycles. The van der Waals surface area contributed by atoms with Gasteiger partial charge in [-0.1, -0.05) is 0 Å². The van der Waals surface area contributed by atoms with Crippen molar-refractivity contribution in [2.75, 3.05) is 0 Å². The van der Waals surface area contributed by atoms with Crippen molar-refractivity contribution in [3.63, 3.8) is 0 Å². The van der Waals surface area contributed by atoms with Gasteiger partial charge in [-0.2, -0.15) is 0 Å². The van der Waals surface area contributed by atoms with E-state index in [0.717, 1.165) is 11.9 Å². The predicted octanol–water partition coefficient (Wildman–Crippen LogP) is -0.191. The number of oxazole rings is 1. The summed E-state index contributed by atoms with van der Waals surface area (Å²) in [6.07, 6.45) is 1.39. The van der Waals surface area contributed by atoms with Gasteiger partial charge in [-0.05, 0) is 0 Å². The molecule has 0 aliphatic heterocycles. The van der Waals surface area contributed by atoms with Crippen molar-refractivity contribution >= 4 is 18.0 Å². The lowest BCUT2D eigenvalue weighted by Crippen LogP contribution is -2.22. The number of hydrogen-bond acceptors (Lipinski definition) is 5. The maximum atomic E-state index is 10.3. The molecule has 0 saturated heterocycles. The molecule has 1 rings (SSSR count). The molecule has 66 valence electrons. The highest BCUT2D eigenvalue weighted by atomic mass is 32.2. The van der Waals surface area contributed by atoms with Gasteiger partial charge < -0.3 is 15.9 Å². The van der Waals surface area contributed by atoms with Gasteiger partial charge in [0, 0.05) is 11.9 Å². The second kappa shape index (κ2) is 3.98. The first-order chi connectivity index (χ1) is 5.72. The quantitative estimate of drug-likeness (QED) is 0.570. The Morgan fingerprint density at radius 2 is 2.58 bits per heavy atom. The molecule has 0 unspecified atom stereocenters. The minimum absolute atomic E-state index is 0.233. The highest BCUT2D eigenvalue weighted by Crippen LogP contribution is 2.12. The van der Waals surface area contributed by atoms with Crippen LogP contribution in [0.5, 0.6) is 0 Å². The number of hydrogen-bond donors (Lipinski definition) is 3. The summed E-state index contributed by atoms with van der Waals surface area (Å²) in [7, 11) is 0. The van der Waals surface area contributed by atoms with E-state index in [-0.39, 0.29) is 6.54 Å². The van der Waals surface area contributed by atoms with Crippen LogP contribution >= 0.6 is 11.9 Å². The monoisotopic (exact) mass is 188 g/mol. The number of urea groups is 1. The van der Waals surface area contributed by atoms with E-state index in [1.54, 1.807) is 0 Å². The van der Waals surface area contributed by atoms with Crippen LogP contribution in [0.15, 0.2) is 15.7 Å². The van der Waals surface area contributed by atoms with E-state index in [1.165, 1.54) is 6.26 Å². The number of rotatable bonds is 3. The lowest BCUT2D eigenvalue weighted by atomic mass is 10.7. The summed E-state index contributed by atoms with van der Waals surface area (Å²) in [6, 6.07) is -0.628. The van der Waals surface area contributed by atoms with E-state index in [9.17, 15) is 4.79 Å². The minimum Gasteiger partial charge on any atom is -0.446 e. The van der Waals surface area contributed by atoms with Crippen LogP contribution in [0.1, 0.15) is 5.89 Å². The van der Waals surface area contributed by atoms with Gasteiger partial charge in [0.15, 0.2) is 5.03 Å². The van der Waals surface area contributed by atoms with Crippen molar-refractivity contribution in [3.8, 4) is 0 Å². The van der Waals surface area contributed by atoms with Gasteiger partial charge in [-0.25, -0.2) is 9.78 Å². The average Bonchev–Trinajstić information content (AvgIpc) is 2.48. The molecular weight excluding hydrogens is 180 g/mol. The van der Waals surface area contributed by atoms with Crippen LogP contribution in [0.3, 0.4) is 0 Å². The summed E-state index contributed by atoms with van der Waals surface area (Å²) in [6.45, 7) is 0.233. The third-order valence-electron chi connectivity index (χ3n) is 0.961. The zero-order valence-electron chi connectivity index (χ0n) is 6.11. The Kier molecular flexibility index (Phi) is 2.94. The molecule has 1 aromatic heterocycles. The number of nitrogens with two attached hydrogens (primary N) is 2. The highest BCUT2D eigenvalue weighted by molar-refractivity contribution is 7.97. The molecule has 0 spiro atoms. The van der Waals surface area contributed by atoms with E-state index < -0.39 is 6.03 Å². The van der Waals surface area contributed by atoms with Crippen LogP contribution in [0.25, 0.3) is 0 Å². The molecule has 0 saturated carbocycles. The summed E-state index contributed by atoms with van der Waals surface area (Å²) in [5, 5.41) is 0.522. The molecule has 0 radical (unpaired) electrons. The summed E-state index contributed by atoms with van der Waals surface area (Å²) in [5.41, 5.74) is 10.1. The van der Waals surface area contributed by atoms with Crippen molar-refractivity contribution in [1.82, 2.24) is 9.71 Å². The van der Waals surface area contributed by atoms with Gasteiger partial charge in [0.05, 0.1) is 6.54 Å². The third kappa shape index (κ3) is 2.44. The Balaban J connectivity index is 2.47. The van der Waals surface area contributed by atoms with Crippen molar-refractivity contribution in [2.24, 2.45) is 11.5 Å². The molecule has 0 aromatic carbocycles. The van der Waals surface area contributed by atoms with E-state index >= 15 is 0 Å². The molecule has 1 heterocycles. The largest absolute Gasteiger partial charge is 0.446 e. The Labute approximate surface area is 72.8 Å². The lowest BCUT2D eigenvalue weighted by Gasteiger charge is -1.93. The molecule has 12 heavy (non-hydrogen) atoms. The molecule has 0 fully saturated rings. The van der Waals surface area contributed by atoms with Crippen LogP contribution in [0.4, 0.5) is 4.79 Å².